The van der Waals surface area contributed by atoms with Gasteiger partial charge in [0.25, 0.3) is 0 Å². The van der Waals surface area contributed by atoms with Gasteiger partial charge in [-0.1, -0.05) is 0 Å². The molecule has 7 heterocycles. The molecule has 0 aromatic rings. The Labute approximate surface area is 488 Å². The summed E-state index contributed by atoms with van der Waals surface area (Å²) in [5.74, 6) is -2.44. The standard InChI is InChI=1S/C48H81N3O35/c1-11-24(60)30(66)33(69)45(75-11)74-10-20-40(27(63)21(42(73)76-20)49-12(2)57)83-44-23(51-14(4)59)29(65)38(18(8-55)80-44)85-48-36(72)41(26(62)16(6-53)78-48)86-47-35(71)32(68)39(19(9-56)81-47)82-43-22(50-13(3)58)28(64)37(17(7-54)79-43)84-46-34(70)31(67)25(61)15(5-52)77-46/h11,15-48,52-56,60-73H,5-10H2,1-4H3,(H,49,57)(H,50,58)(H,51,59)/t11-,15+,16+,17+,18+,19+,20+,21+,22+,23+,24+,25-,26+,27+,28+,29+,30+,31-,32+,33-,34+,35-,36-,37+,38+,39+,40+,41-,42?,43-,44-,45+,46-,47+,48-/m0/s1. The van der Waals surface area contributed by atoms with E-state index in [0.29, 0.717) is 0 Å². The van der Waals surface area contributed by atoms with E-state index in [1.807, 2.05) is 0 Å². The monoisotopic (exact) mass is 1260 g/mol. The van der Waals surface area contributed by atoms with Crippen LogP contribution in [0.3, 0.4) is 0 Å². The summed E-state index contributed by atoms with van der Waals surface area (Å²) in [5.41, 5.74) is 0. The Balaban J connectivity index is 1.06. The minimum absolute atomic E-state index is 0.738. The van der Waals surface area contributed by atoms with Crippen LogP contribution in [0.4, 0.5) is 0 Å². The minimum Gasteiger partial charge on any atom is -0.394 e. The van der Waals surface area contributed by atoms with E-state index in [1.54, 1.807) is 0 Å². The molecule has 0 radical (unpaired) electrons. The van der Waals surface area contributed by atoms with Gasteiger partial charge in [-0.05, 0) is 6.92 Å². The quantitative estimate of drug-likeness (QED) is 0.0507. The number of carbonyl (C=O) groups excluding carboxylic acids is 3. The van der Waals surface area contributed by atoms with E-state index >= 15 is 0 Å². The first-order valence-corrected chi connectivity index (χ1v) is 27.5. The van der Waals surface area contributed by atoms with E-state index in [4.69, 9.17) is 61.6 Å². The summed E-state index contributed by atoms with van der Waals surface area (Å²) in [7, 11) is 0. The Morgan fingerprint density at radius 3 is 1.13 bits per heavy atom. The maximum Gasteiger partial charge on any atom is 0.217 e. The molecule has 0 saturated carbocycles. The summed E-state index contributed by atoms with van der Waals surface area (Å²) in [4.78, 5) is 37.4. The van der Waals surface area contributed by atoms with E-state index in [1.165, 1.54) is 6.92 Å². The number of carbonyl (C=O) groups is 3. The largest absolute Gasteiger partial charge is 0.394 e. The topological polar surface area (TPSA) is 592 Å². The SMILES string of the molecule is CC(=O)N[C@H]1[C@H](O[C@H]2[C@H](O)[C@@H](NC(C)=O)C(O)O[C@@H]2CO[C@@H]2O[C@@H](C)[C@@H](O)[C@@H](O)[C@@H]2O)O[C@H](CO)[C@@H](O[C@@H]2O[C@H](CO)[C@@H](O)[C@H](O[C@H]3O[C@H](CO)[C@@H](O[C@@H]4O[C@H](CO)[C@@H](O[C@@H]5O[C@H](CO)[C@H](O)[C@H](O)[C@H]5O)[C@H](O)[C@H]4NC(C)=O)[C@H](O)[C@@H]3O)[C@@H]2O)[C@@H]1O. The van der Waals surface area contributed by atoms with Gasteiger partial charge in [-0.3, -0.25) is 14.4 Å². The Kier molecular flexibility index (Phi) is 25.0. The molecule has 0 aliphatic carbocycles. The van der Waals surface area contributed by atoms with Crippen LogP contribution in [0.1, 0.15) is 27.7 Å². The molecule has 7 rings (SSSR count). The van der Waals surface area contributed by atoms with Crippen molar-refractivity contribution in [3.8, 4) is 0 Å². The molecule has 22 N–H and O–H groups in total. The van der Waals surface area contributed by atoms with Crippen molar-refractivity contribution in [2.45, 2.75) is 242 Å². The normalized spacial score (nSPS) is 49.4. The molecule has 35 atom stereocenters. The molecule has 7 aliphatic rings. The second-order valence-electron chi connectivity index (χ2n) is 21.8. The zero-order valence-electron chi connectivity index (χ0n) is 46.5. The number of ether oxygens (including phenoxy) is 13. The van der Waals surface area contributed by atoms with Crippen LogP contribution in [0, 0.1) is 0 Å². The van der Waals surface area contributed by atoms with E-state index in [-0.39, 0.29) is 0 Å². The van der Waals surface area contributed by atoms with Crippen molar-refractivity contribution in [2.24, 2.45) is 0 Å². The molecular formula is C48H81N3O35. The van der Waals surface area contributed by atoms with Crippen LogP contribution < -0.4 is 16.0 Å². The van der Waals surface area contributed by atoms with Gasteiger partial charge in [-0.25, -0.2) is 0 Å². The molecule has 7 aliphatic heterocycles. The van der Waals surface area contributed by atoms with Gasteiger partial charge >= 0.3 is 0 Å². The zero-order chi connectivity index (χ0) is 63.5. The molecular weight excluding hydrogens is 1180 g/mol. The van der Waals surface area contributed by atoms with E-state index < -0.39 is 272 Å². The summed E-state index contributed by atoms with van der Waals surface area (Å²) in [6, 6.07) is -5.14. The molecule has 3 amide bonds. The van der Waals surface area contributed by atoms with Gasteiger partial charge < -0.3 is 175 Å². The maximum absolute atomic E-state index is 12.7. The van der Waals surface area contributed by atoms with Crippen molar-refractivity contribution in [1.29, 1.82) is 0 Å². The predicted octanol–water partition coefficient (Wildman–Crippen LogP) is -14.8. The van der Waals surface area contributed by atoms with Gasteiger partial charge in [0.15, 0.2) is 44.0 Å². The molecule has 86 heavy (non-hydrogen) atoms. The lowest BCUT2D eigenvalue weighted by Crippen LogP contribution is -2.70. The average molecular weight is 1260 g/mol. The van der Waals surface area contributed by atoms with E-state index in [0.717, 1.165) is 20.8 Å². The first kappa shape index (κ1) is 70.6. The van der Waals surface area contributed by atoms with E-state index in [2.05, 4.69) is 16.0 Å². The first-order valence-electron chi connectivity index (χ1n) is 27.5. The third-order valence-electron chi connectivity index (χ3n) is 15.7. The Hall–Kier alpha value is -2.87. The molecule has 1 unspecified atom stereocenters. The molecule has 0 aromatic carbocycles. The van der Waals surface area contributed by atoms with Crippen molar-refractivity contribution in [2.75, 3.05) is 39.6 Å². The van der Waals surface area contributed by atoms with Crippen molar-refractivity contribution in [3.63, 3.8) is 0 Å². The fraction of sp³-hybridized carbons (Fsp3) is 0.938. The second kappa shape index (κ2) is 30.5. The maximum atomic E-state index is 12.7. The summed E-state index contributed by atoms with van der Waals surface area (Å²) in [5, 5.41) is 213. The predicted molar refractivity (Wildman–Crippen MR) is 265 cm³/mol. The fourth-order valence-corrected chi connectivity index (χ4v) is 11.1. The lowest BCUT2D eigenvalue weighted by atomic mass is 9.93. The molecule has 38 heteroatoms. The zero-order valence-corrected chi connectivity index (χ0v) is 46.5. The molecule has 0 bridgehead atoms. The first-order chi connectivity index (χ1) is 40.6. The second-order valence-corrected chi connectivity index (χ2v) is 21.8. The summed E-state index contributed by atoms with van der Waals surface area (Å²) >= 11 is 0. The van der Waals surface area contributed by atoms with Crippen molar-refractivity contribution in [1.82, 2.24) is 16.0 Å². The molecule has 7 saturated heterocycles. The molecule has 38 nitrogen and oxygen atoms in total. The van der Waals surface area contributed by atoms with Gasteiger partial charge in [0, 0.05) is 20.8 Å². The van der Waals surface area contributed by atoms with Crippen LogP contribution in [0.2, 0.25) is 0 Å². The number of amides is 3. The summed E-state index contributed by atoms with van der Waals surface area (Å²) in [6.45, 7) is -1.38. The highest BCUT2D eigenvalue weighted by Gasteiger charge is 2.59. The average Bonchev–Trinajstić information content (AvgIpc) is 1.41. The molecule has 0 aromatic heterocycles. The summed E-state index contributed by atoms with van der Waals surface area (Å²) < 4.78 is 74.9. The van der Waals surface area contributed by atoms with Gasteiger partial charge in [0.1, 0.15) is 165 Å². The van der Waals surface area contributed by atoms with Crippen LogP contribution in [0.15, 0.2) is 0 Å². The number of aliphatic hydroxyl groups is 19. The van der Waals surface area contributed by atoms with Crippen LogP contribution in [0.25, 0.3) is 0 Å². The van der Waals surface area contributed by atoms with Crippen molar-refractivity contribution >= 4 is 17.7 Å². The number of hydrogen-bond acceptors (Lipinski definition) is 35. The molecule has 498 valence electrons. The van der Waals surface area contributed by atoms with Crippen LogP contribution in [0.5, 0.6) is 0 Å². The van der Waals surface area contributed by atoms with Gasteiger partial charge in [0.05, 0.1) is 45.7 Å². The van der Waals surface area contributed by atoms with Crippen molar-refractivity contribution < 1.29 is 173 Å². The number of rotatable bonds is 21. The highest BCUT2D eigenvalue weighted by atomic mass is 16.8. The summed E-state index contributed by atoms with van der Waals surface area (Å²) in [6.07, 6.45) is -59.8. The van der Waals surface area contributed by atoms with Gasteiger partial charge in [-0.2, -0.15) is 0 Å². The minimum atomic E-state index is -2.28. The van der Waals surface area contributed by atoms with E-state index in [9.17, 15) is 111 Å². The Morgan fingerprint density at radius 2 is 0.663 bits per heavy atom. The molecule has 7 fully saturated rings. The molecule has 0 spiro atoms. The van der Waals surface area contributed by atoms with Crippen LogP contribution in [-0.4, -0.2) is 369 Å². The Bertz CT molecular complexity index is 2170. The smallest absolute Gasteiger partial charge is 0.217 e. The number of hydrogen-bond donors (Lipinski definition) is 22. The lowest BCUT2D eigenvalue weighted by Gasteiger charge is -2.50. The lowest BCUT2D eigenvalue weighted by molar-refractivity contribution is -0.389. The van der Waals surface area contributed by atoms with Crippen LogP contribution >= 0.6 is 0 Å². The van der Waals surface area contributed by atoms with Crippen molar-refractivity contribution in [3.05, 3.63) is 0 Å². The number of aliphatic hydroxyl groups excluding tert-OH is 19. The van der Waals surface area contributed by atoms with Gasteiger partial charge in [0.2, 0.25) is 17.7 Å². The Morgan fingerprint density at radius 1 is 0.326 bits per heavy atom. The number of nitrogens with one attached hydrogen (secondary N) is 3. The third-order valence-corrected chi connectivity index (χ3v) is 15.7. The van der Waals surface area contributed by atoms with Crippen LogP contribution in [-0.2, 0) is 76.0 Å². The fourth-order valence-electron chi connectivity index (χ4n) is 11.1. The van der Waals surface area contributed by atoms with Gasteiger partial charge in [-0.15, -0.1) is 0 Å². The third kappa shape index (κ3) is 15.4. The highest BCUT2D eigenvalue weighted by molar-refractivity contribution is 5.74. The highest BCUT2D eigenvalue weighted by Crippen LogP contribution is 2.37.